The molecule has 0 radical (unpaired) electrons. The Labute approximate surface area is 117 Å². The zero-order valence-corrected chi connectivity index (χ0v) is 12.1. The van der Waals surface area contributed by atoms with Crippen molar-refractivity contribution in [3.8, 4) is 0 Å². The van der Waals surface area contributed by atoms with E-state index in [2.05, 4.69) is 14.9 Å². The van der Waals surface area contributed by atoms with Gasteiger partial charge in [-0.05, 0) is 31.5 Å². The Balaban J connectivity index is 2.28. The smallest absolute Gasteiger partial charge is 0.242 e. The number of nitrogens with one attached hydrogen (secondary N) is 2. The van der Waals surface area contributed by atoms with E-state index in [1.807, 2.05) is 6.92 Å². The first-order chi connectivity index (χ1) is 8.90. The molecule has 1 atom stereocenters. The first-order valence-electron chi connectivity index (χ1n) is 5.67. The van der Waals surface area contributed by atoms with Crippen LogP contribution in [0, 0.1) is 6.92 Å². The second-order valence-electron chi connectivity index (χ2n) is 4.31. The SMILES string of the molecule is Cc1ccc(S(=O)(=O)NC(C)c2cn[nH]c2)c(Cl)c1. The van der Waals surface area contributed by atoms with Crippen molar-refractivity contribution >= 4 is 21.6 Å². The molecule has 102 valence electrons. The Morgan fingerprint density at radius 2 is 2.16 bits per heavy atom. The molecule has 0 amide bonds. The molecule has 5 nitrogen and oxygen atoms in total. The normalized spacial score (nSPS) is 13.4. The van der Waals surface area contributed by atoms with Gasteiger partial charge < -0.3 is 0 Å². The predicted octanol–water partition coefficient (Wildman–Crippen LogP) is 2.41. The third-order valence-electron chi connectivity index (χ3n) is 2.73. The second kappa shape index (κ2) is 5.32. The molecule has 0 saturated heterocycles. The summed E-state index contributed by atoms with van der Waals surface area (Å²) in [5.74, 6) is 0. The molecule has 19 heavy (non-hydrogen) atoms. The molecule has 1 aromatic carbocycles. The van der Waals surface area contributed by atoms with Crippen LogP contribution in [0.15, 0.2) is 35.5 Å². The maximum absolute atomic E-state index is 12.2. The van der Waals surface area contributed by atoms with Crippen molar-refractivity contribution in [1.82, 2.24) is 14.9 Å². The molecule has 0 aliphatic carbocycles. The number of H-pyrrole nitrogens is 1. The fourth-order valence-corrected chi connectivity index (χ4v) is 3.52. The van der Waals surface area contributed by atoms with Crippen LogP contribution in [0.4, 0.5) is 0 Å². The Morgan fingerprint density at radius 3 is 2.74 bits per heavy atom. The van der Waals surface area contributed by atoms with Gasteiger partial charge in [0.25, 0.3) is 0 Å². The van der Waals surface area contributed by atoms with Crippen molar-refractivity contribution in [2.24, 2.45) is 0 Å². The molecule has 0 bridgehead atoms. The fraction of sp³-hybridized carbons (Fsp3) is 0.250. The summed E-state index contributed by atoms with van der Waals surface area (Å²) in [6.07, 6.45) is 3.22. The molecule has 1 heterocycles. The van der Waals surface area contributed by atoms with Crippen molar-refractivity contribution < 1.29 is 8.42 Å². The third-order valence-corrected chi connectivity index (χ3v) is 4.75. The Morgan fingerprint density at radius 1 is 1.42 bits per heavy atom. The van der Waals surface area contributed by atoms with Crippen molar-refractivity contribution in [2.75, 3.05) is 0 Å². The first-order valence-corrected chi connectivity index (χ1v) is 7.53. The molecule has 1 aromatic heterocycles. The van der Waals surface area contributed by atoms with Crippen LogP contribution in [0.2, 0.25) is 5.02 Å². The van der Waals surface area contributed by atoms with E-state index in [0.717, 1.165) is 11.1 Å². The van der Waals surface area contributed by atoms with Gasteiger partial charge in [-0.1, -0.05) is 17.7 Å². The van der Waals surface area contributed by atoms with E-state index in [1.165, 1.54) is 6.07 Å². The standard InChI is InChI=1S/C12H14ClN3O2S/c1-8-3-4-12(11(13)5-8)19(17,18)16-9(2)10-6-14-15-7-10/h3-7,9,16H,1-2H3,(H,14,15). The van der Waals surface area contributed by atoms with Gasteiger partial charge in [-0.15, -0.1) is 0 Å². The van der Waals surface area contributed by atoms with Crippen LogP contribution in [-0.4, -0.2) is 18.6 Å². The van der Waals surface area contributed by atoms with Crippen LogP contribution in [-0.2, 0) is 10.0 Å². The topological polar surface area (TPSA) is 74.8 Å². The summed E-state index contributed by atoms with van der Waals surface area (Å²) in [4.78, 5) is 0.0788. The maximum atomic E-state index is 12.2. The van der Waals surface area contributed by atoms with E-state index in [-0.39, 0.29) is 16.0 Å². The fourth-order valence-electron chi connectivity index (χ4n) is 1.69. The summed E-state index contributed by atoms with van der Waals surface area (Å²) >= 11 is 5.98. The zero-order valence-electron chi connectivity index (χ0n) is 10.5. The second-order valence-corrected chi connectivity index (χ2v) is 6.40. The van der Waals surface area contributed by atoms with Gasteiger partial charge in [-0.25, -0.2) is 13.1 Å². The van der Waals surface area contributed by atoms with Crippen LogP contribution >= 0.6 is 11.6 Å². The zero-order chi connectivity index (χ0) is 14.0. The molecule has 2 N–H and O–H groups in total. The lowest BCUT2D eigenvalue weighted by Crippen LogP contribution is -2.27. The number of hydrogen-bond donors (Lipinski definition) is 2. The number of rotatable bonds is 4. The van der Waals surface area contributed by atoms with Gasteiger partial charge in [0.15, 0.2) is 0 Å². The number of aryl methyl sites for hydroxylation is 1. The van der Waals surface area contributed by atoms with Crippen molar-refractivity contribution in [1.29, 1.82) is 0 Å². The Bertz CT molecular complexity index is 668. The van der Waals surface area contributed by atoms with E-state index in [1.54, 1.807) is 31.5 Å². The number of aromatic nitrogens is 2. The van der Waals surface area contributed by atoms with Gasteiger partial charge in [0.1, 0.15) is 4.90 Å². The average Bonchev–Trinajstić information content (AvgIpc) is 2.80. The van der Waals surface area contributed by atoms with Crippen LogP contribution in [0.5, 0.6) is 0 Å². The Kier molecular flexibility index (Phi) is 3.93. The predicted molar refractivity (Wildman–Crippen MR) is 73.5 cm³/mol. The van der Waals surface area contributed by atoms with Gasteiger partial charge in [0.2, 0.25) is 10.0 Å². The quantitative estimate of drug-likeness (QED) is 0.910. The maximum Gasteiger partial charge on any atom is 0.242 e. The number of sulfonamides is 1. The van der Waals surface area contributed by atoms with Crippen LogP contribution < -0.4 is 4.72 Å². The molecule has 0 spiro atoms. The highest BCUT2D eigenvalue weighted by Crippen LogP contribution is 2.24. The molecular formula is C12H14ClN3O2S. The van der Waals surface area contributed by atoms with Gasteiger partial charge in [-0.2, -0.15) is 5.10 Å². The minimum Gasteiger partial charge on any atom is -0.285 e. The lowest BCUT2D eigenvalue weighted by molar-refractivity contribution is 0.567. The van der Waals surface area contributed by atoms with E-state index >= 15 is 0 Å². The highest BCUT2D eigenvalue weighted by atomic mass is 35.5. The van der Waals surface area contributed by atoms with Crippen molar-refractivity contribution in [3.05, 3.63) is 46.7 Å². The van der Waals surface area contributed by atoms with Crippen molar-refractivity contribution in [2.45, 2.75) is 24.8 Å². The van der Waals surface area contributed by atoms with Crippen LogP contribution in [0.1, 0.15) is 24.1 Å². The lowest BCUT2D eigenvalue weighted by Gasteiger charge is -2.13. The Hall–Kier alpha value is -1.37. The number of benzene rings is 1. The number of nitrogens with zero attached hydrogens (tertiary/aromatic N) is 1. The highest BCUT2D eigenvalue weighted by molar-refractivity contribution is 7.89. The van der Waals surface area contributed by atoms with Crippen LogP contribution in [0.25, 0.3) is 0 Å². The summed E-state index contributed by atoms with van der Waals surface area (Å²) in [6, 6.07) is 4.45. The molecule has 2 rings (SSSR count). The number of aromatic amines is 1. The lowest BCUT2D eigenvalue weighted by atomic mass is 10.2. The van der Waals surface area contributed by atoms with Crippen LogP contribution in [0.3, 0.4) is 0 Å². The molecule has 0 aliphatic heterocycles. The monoisotopic (exact) mass is 299 g/mol. The highest BCUT2D eigenvalue weighted by Gasteiger charge is 2.21. The summed E-state index contributed by atoms with van der Waals surface area (Å²) < 4.78 is 27.1. The van der Waals surface area contributed by atoms with E-state index in [9.17, 15) is 8.42 Å². The first kappa shape index (κ1) is 14.0. The van der Waals surface area contributed by atoms with Gasteiger partial charge in [0, 0.05) is 17.8 Å². The van der Waals surface area contributed by atoms with Crippen molar-refractivity contribution in [3.63, 3.8) is 0 Å². The minimum atomic E-state index is -3.66. The van der Waals surface area contributed by atoms with E-state index in [4.69, 9.17) is 11.6 Å². The molecular weight excluding hydrogens is 286 g/mol. The largest absolute Gasteiger partial charge is 0.285 e. The summed E-state index contributed by atoms with van der Waals surface area (Å²) in [5.41, 5.74) is 1.67. The molecule has 2 aromatic rings. The summed E-state index contributed by atoms with van der Waals surface area (Å²) in [7, 11) is -3.66. The molecule has 1 unspecified atom stereocenters. The molecule has 0 fully saturated rings. The van der Waals surface area contributed by atoms with E-state index < -0.39 is 10.0 Å². The van der Waals surface area contributed by atoms with E-state index in [0.29, 0.717) is 0 Å². The number of hydrogen-bond acceptors (Lipinski definition) is 3. The average molecular weight is 300 g/mol. The summed E-state index contributed by atoms with van der Waals surface area (Å²) in [5, 5.41) is 6.65. The molecule has 0 saturated carbocycles. The van der Waals surface area contributed by atoms with Gasteiger partial charge >= 0.3 is 0 Å². The third kappa shape index (κ3) is 3.15. The molecule has 7 heteroatoms. The minimum absolute atomic E-state index is 0.0788. The molecule has 0 aliphatic rings. The summed E-state index contributed by atoms with van der Waals surface area (Å²) in [6.45, 7) is 3.59. The van der Waals surface area contributed by atoms with Gasteiger partial charge in [0.05, 0.1) is 11.2 Å². The number of halogens is 1. The van der Waals surface area contributed by atoms with Gasteiger partial charge in [-0.3, -0.25) is 5.10 Å².